The van der Waals surface area contributed by atoms with E-state index in [1.54, 1.807) is 43.3 Å². The molecule has 0 aliphatic heterocycles. The van der Waals surface area contributed by atoms with E-state index in [0.717, 1.165) is 26.6 Å². The van der Waals surface area contributed by atoms with Crippen molar-refractivity contribution in [1.29, 1.82) is 0 Å². The SMILES string of the molecule is Cc1ccc(OCC(=O)N(c2cccc(C)c2C)S(=O)(=O)c2ccc(C)cc2)cc1. The van der Waals surface area contributed by atoms with E-state index in [1.165, 1.54) is 12.1 Å². The number of ether oxygens (including phenoxy) is 1. The van der Waals surface area contributed by atoms with Gasteiger partial charge in [0.25, 0.3) is 15.9 Å². The fraction of sp³-hybridized carbons (Fsp3) is 0.208. The molecule has 5 nitrogen and oxygen atoms in total. The first kappa shape index (κ1) is 21.6. The Morgan fingerprint density at radius 2 is 1.40 bits per heavy atom. The van der Waals surface area contributed by atoms with E-state index in [0.29, 0.717) is 11.4 Å². The minimum absolute atomic E-state index is 0.0534. The Kier molecular flexibility index (Phi) is 6.27. The molecule has 0 atom stereocenters. The van der Waals surface area contributed by atoms with Crippen LogP contribution in [0.25, 0.3) is 0 Å². The first-order valence-electron chi connectivity index (χ1n) is 9.60. The molecular weight excluding hydrogens is 398 g/mol. The van der Waals surface area contributed by atoms with E-state index in [4.69, 9.17) is 4.74 Å². The maximum absolute atomic E-state index is 13.5. The molecule has 0 aliphatic carbocycles. The summed E-state index contributed by atoms with van der Waals surface area (Å²) in [5.74, 6) is -0.160. The summed E-state index contributed by atoms with van der Waals surface area (Å²) in [7, 11) is -4.12. The number of carbonyl (C=O) groups is 1. The van der Waals surface area contributed by atoms with Crippen molar-refractivity contribution in [2.24, 2.45) is 0 Å². The van der Waals surface area contributed by atoms with Gasteiger partial charge in [0.05, 0.1) is 10.6 Å². The van der Waals surface area contributed by atoms with E-state index < -0.39 is 22.5 Å². The van der Waals surface area contributed by atoms with Crippen LogP contribution in [0.2, 0.25) is 0 Å². The monoisotopic (exact) mass is 423 g/mol. The van der Waals surface area contributed by atoms with Crippen molar-refractivity contribution in [3.63, 3.8) is 0 Å². The lowest BCUT2D eigenvalue weighted by atomic mass is 10.1. The smallest absolute Gasteiger partial charge is 0.278 e. The summed E-state index contributed by atoms with van der Waals surface area (Å²) < 4.78 is 33.4. The van der Waals surface area contributed by atoms with Crippen molar-refractivity contribution in [3.8, 4) is 5.75 Å². The number of hydrogen-bond acceptors (Lipinski definition) is 4. The zero-order valence-corrected chi connectivity index (χ0v) is 18.4. The number of sulfonamides is 1. The van der Waals surface area contributed by atoms with Crippen LogP contribution in [-0.2, 0) is 14.8 Å². The predicted octanol–water partition coefficient (Wildman–Crippen LogP) is 4.72. The molecule has 0 unspecified atom stereocenters. The number of amides is 1. The Morgan fingerprint density at radius 3 is 2.00 bits per heavy atom. The molecular formula is C24H25NO4S. The van der Waals surface area contributed by atoms with Crippen LogP contribution in [0.5, 0.6) is 5.75 Å². The number of benzene rings is 3. The van der Waals surface area contributed by atoms with Gasteiger partial charge in [0, 0.05) is 0 Å². The Morgan fingerprint density at radius 1 is 0.833 bits per heavy atom. The molecule has 30 heavy (non-hydrogen) atoms. The third-order valence-electron chi connectivity index (χ3n) is 4.96. The fourth-order valence-corrected chi connectivity index (χ4v) is 4.48. The molecule has 3 rings (SSSR count). The standard InChI is InChI=1S/C24H25NO4S/c1-17-8-12-21(13-9-17)29-16-24(26)25(23-7-5-6-19(3)20(23)4)30(27,28)22-14-10-18(2)11-15-22/h5-15H,16H2,1-4H3. The topological polar surface area (TPSA) is 63.7 Å². The molecule has 0 fully saturated rings. The summed E-state index contributed by atoms with van der Waals surface area (Å²) in [5.41, 5.74) is 3.93. The van der Waals surface area contributed by atoms with Crippen LogP contribution in [0.3, 0.4) is 0 Å². The molecule has 0 heterocycles. The number of nitrogens with zero attached hydrogens (tertiary/aromatic N) is 1. The lowest BCUT2D eigenvalue weighted by molar-refractivity contribution is -0.119. The largest absolute Gasteiger partial charge is 0.484 e. The first-order chi connectivity index (χ1) is 14.2. The maximum Gasteiger partial charge on any atom is 0.278 e. The second-order valence-corrected chi connectivity index (χ2v) is 9.08. The van der Waals surface area contributed by atoms with E-state index in [-0.39, 0.29) is 4.90 Å². The van der Waals surface area contributed by atoms with E-state index in [9.17, 15) is 13.2 Å². The van der Waals surface area contributed by atoms with Crippen LogP contribution in [0.4, 0.5) is 5.69 Å². The second-order valence-electron chi connectivity index (χ2n) is 7.30. The van der Waals surface area contributed by atoms with Gasteiger partial charge in [-0.2, -0.15) is 4.31 Å². The summed E-state index contributed by atoms with van der Waals surface area (Å²) in [6, 6.07) is 18.9. The van der Waals surface area contributed by atoms with Crippen molar-refractivity contribution in [3.05, 3.63) is 89.0 Å². The molecule has 0 saturated heterocycles. The molecule has 156 valence electrons. The van der Waals surface area contributed by atoms with Crippen LogP contribution in [0.1, 0.15) is 22.3 Å². The third-order valence-corrected chi connectivity index (χ3v) is 6.71. The van der Waals surface area contributed by atoms with Crippen LogP contribution < -0.4 is 9.04 Å². The van der Waals surface area contributed by atoms with Crippen LogP contribution >= 0.6 is 0 Å². The van der Waals surface area contributed by atoms with Gasteiger partial charge in [0.15, 0.2) is 6.61 Å². The van der Waals surface area contributed by atoms with Crippen LogP contribution in [0, 0.1) is 27.7 Å². The lowest BCUT2D eigenvalue weighted by Crippen LogP contribution is -2.40. The van der Waals surface area contributed by atoms with Gasteiger partial charge in [-0.15, -0.1) is 0 Å². The highest BCUT2D eigenvalue weighted by Crippen LogP contribution is 2.29. The summed E-state index contributed by atoms with van der Waals surface area (Å²) >= 11 is 0. The summed E-state index contributed by atoms with van der Waals surface area (Å²) in [4.78, 5) is 13.2. The minimum atomic E-state index is -4.12. The normalized spacial score (nSPS) is 11.2. The highest BCUT2D eigenvalue weighted by Gasteiger charge is 2.32. The van der Waals surface area contributed by atoms with Gasteiger partial charge >= 0.3 is 0 Å². The first-order valence-corrected chi connectivity index (χ1v) is 11.0. The molecule has 0 aliphatic rings. The minimum Gasteiger partial charge on any atom is -0.484 e. The maximum atomic E-state index is 13.5. The molecule has 3 aromatic carbocycles. The molecule has 0 N–H and O–H groups in total. The van der Waals surface area contributed by atoms with Gasteiger partial charge in [0.1, 0.15) is 5.75 Å². The van der Waals surface area contributed by atoms with E-state index in [2.05, 4.69) is 0 Å². The molecule has 0 spiro atoms. The second kappa shape index (κ2) is 8.71. The van der Waals surface area contributed by atoms with Gasteiger partial charge in [-0.25, -0.2) is 8.42 Å². The Balaban J connectivity index is 2.00. The molecule has 0 bridgehead atoms. The van der Waals surface area contributed by atoms with Crippen molar-refractivity contribution in [2.75, 3.05) is 10.9 Å². The number of carbonyl (C=O) groups excluding carboxylic acids is 1. The van der Waals surface area contributed by atoms with Crippen LogP contribution in [0.15, 0.2) is 71.6 Å². The zero-order chi connectivity index (χ0) is 21.9. The number of hydrogen-bond donors (Lipinski definition) is 0. The van der Waals surface area contributed by atoms with Crippen molar-refractivity contribution in [1.82, 2.24) is 0 Å². The molecule has 6 heteroatoms. The Hall–Kier alpha value is -3.12. The third kappa shape index (κ3) is 4.54. The van der Waals surface area contributed by atoms with Crippen LogP contribution in [-0.4, -0.2) is 20.9 Å². The van der Waals surface area contributed by atoms with Crippen molar-refractivity contribution in [2.45, 2.75) is 32.6 Å². The highest BCUT2D eigenvalue weighted by molar-refractivity contribution is 7.93. The average Bonchev–Trinajstić information content (AvgIpc) is 2.71. The van der Waals surface area contributed by atoms with E-state index in [1.807, 2.05) is 39.0 Å². The molecule has 0 radical (unpaired) electrons. The Bertz CT molecular complexity index is 1150. The Labute approximate surface area is 178 Å². The molecule has 1 amide bonds. The summed E-state index contributed by atoms with van der Waals surface area (Å²) in [6.45, 7) is 7.10. The summed E-state index contributed by atoms with van der Waals surface area (Å²) in [6.07, 6.45) is 0. The van der Waals surface area contributed by atoms with Gasteiger partial charge in [-0.05, 0) is 69.2 Å². The van der Waals surface area contributed by atoms with Gasteiger partial charge < -0.3 is 4.74 Å². The van der Waals surface area contributed by atoms with Crippen molar-refractivity contribution >= 4 is 21.6 Å². The van der Waals surface area contributed by atoms with E-state index >= 15 is 0 Å². The lowest BCUT2D eigenvalue weighted by Gasteiger charge is -2.25. The molecule has 0 aromatic heterocycles. The fourth-order valence-electron chi connectivity index (χ4n) is 3.01. The van der Waals surface area contributed by atoms with Gasteiger partial charge in [-0.3, -0.25) is 4.79 Å². The highest BCUT2D eigenvalue weighted by atomic mass is 32.2. The number of aryl methyl sites for hydroxylation is 3. The van der Waals surface area contributed by atoms with Gasteiger partial charge in [-0.1, -0.05) is 47.5 Å². The average molecular weight is 424 g/mol. The van der Waals surface area contributed by atoms with Gasteiger partial charge in [0.2, 0.25) is 0 Å². The number of rotatable bonds is 6. The summed E-state index contributed by atoms with van der Waals surface area (Å²) in [5, 5.41) is 0. The predicted molar refractivity (Wildman–Crippen MR) is 118 cm³/mol. The van der Waals surface area contributed by atoms with Crippen molar-refractivity contribution < 1.29 is 17.9 Å². The zero-order valence-electron chi connectivity index (χ0n) is 17.5. The number of anilines is 1. The quantitative estimate of drug-likeness (QED) is 0.575. The molecule has 0 saturated carbocycles. The molecule has 3 aromatic rings.